The van der Waals surface area contributed by atoms with Crippen molar-refractivity contribution in [2.45, 2.75) is 31.8 Å². The number of ether oxygens (including phenoxy) is 1. The lowest BCUT2D eigenvalue weighted by Crippen LogP contribution is -2.58. The minimum absolute atomic E-state index is 0.0391. The molecule has 122 valence electrons. The molecule has 0 unspecified atom stereocenters. The number of nitrogens with one attached hydrogen (secondary N) is 1. The van der Waals surface area contributed by atoms with Gasteiger partial charge in [-0.05, 0) is 19.8 Å². The monoisotopic (exact) mass is 307 g/mol. The number of carbonyl (C=O) groups is 1. The summed E-state index contributed by atoms with van der Waals surface area (Å²) in [5, 5.41) is 7.00. The Bertz CT molecular complexity index is 512. The molecule has 0 bridgehead atoms. The summed E-state index contributed by atoms with van der Waals surface area (Å²) < 4.78 is 7.10. The first-order valence-electron chi connectivity index (χ1n) is 8.02. The zero-order valence-electron chi connectivity index (χ0n) is 13.4. The Morgan fingerprint density at radius 2 is 2.14 bits per heavy atom. The summed E-state index contributed by atoms with van der Waals surface area (Å²) in [4.78, 5) is 16.9. The normalized spacial score (nSPS) is 24.5. The van der Waals surface area contributed by atoms with Crippen LogP contribution in [0.2, 0.25) is 0 Å². The fourth-order valence-electron chi connectivity index (χ4n) is 3.35. The third kappa shape index (κ3) is 3.25. The number of aromatic nitrogens is 2. The minimum atomic E-state index is -0.0391. The Morgan fingerprint density at radius 1 is 1.36 bits per heavy atom. The number of amides is 2. The number of piperazine rings is 1. The fraction of sp³-hybridized carbons (Fsp3) is 0.733. The van der Waals surface area contributed by atoms with E-state index in [2.05, 4.69) is 22.2 Å². The summed E-state index contributed by atoms with van der Waals surface area (Å²) >= 11 is 0. The SMILES string of the molecule is C[C@H]1CN(C2CCOCC2)CCN1C(=O)Nc1ccnn1C. The predicted molar refractivity (Wildman–Crippen MR) is 83.8 cm³/mol. The van der Waals surface area contributed by atoms with Gasteiger partial charge in [0.15, 0.2) is 0 Å². The number of hydrogen-bond acceptors (Lipinski definition) is 4. The molecule has 0 saturated carbocycles. The van der Waals surface area contributed by atoms with Gasteiger partial charge in [0.25, 0.3) is 0 Å². The molecule has 0 aromatic carbocycles. The van der Waals surface area contributed by atoms with Crippen LogP contribution < -0.4 is 5.32 Å². The number of urea groups is 1. The topological polar surface area (TPSA) is 62.6 Å². The summed E-state index contributed by atoms with van der Waals surface area (Å²) in [6, 6.07) is 2.59. The zero-order valence-corrected chi connectivity index (χ0v) is 13.4. The molecule has 7 heteroatoms. The van der Waals surface area contributed by atoms with Gasteiger partial charge in [0.2, 0.25) is 0 Å². The number of anilines is 1. The molecule has 22 heavy (non-hydrogen) atoms. The van der Waals surface area contributed by atoms with E-state index in [1.165, 1.54) is 0 Å². The van der Waals surface area contributed by atoms with Gasteiger partial charge >= 0.3 is 6.03 Å². The highest BCUT2D eigenvalue weighted by Gasteiger charge is 2.31. The van der Waals surface area contributed by atoms with Crippen molar-refractivity contribution in [3.8, 4) is 0 Å². The van der Waals surface area contributed by atoms with Crippen molar-refractivity contribution < 1.29 is 9.53 Å². The Balaban J connectivity index is 1.55. The van der Waals surface area contributed by atoms with Gasteiger partial charge in [-0.25, -0.2) is 4.79 Å². The van der Waals surface area contributed by atoms with Crippen LogP contribution in [0.1, 0.15) is 19.8 Å². The molecule has 0 radical (unpaired) electrons. The van der Waals surface area contributed by atoms with E-state index in [9.17, 15) is 4.79 Å². The maximum Gasteiger partial charge on any atom is 0.323 e. The molecule has 2 fully saturated rings. The highest BCUT2D eigenvalue weighted by Crippen LogP contribution is 2.20. The Labute approximate surface area is 131 Å². The van der Waals surface area contributed by atoms with Crippen molar-refractivity contribution in [3.05, 3.63) is 12.3 Å². The Kier molecular flexibility index (Phi) is 4.63. The van der Waals surface area contributed by atoms with Gasteiger partial charge in [-0.3, -0.25) is 14.9 Å². The number of rotatable bonds is 2. The van der Waals surface area contributed by atoms with Crippen LogP contribution in [0.25, 0.3) is 0 Å². The maximum absolute atomic E-state index is 12.4. The van der Waals surface area contributed by atoms with E-state index >= 15 is 0 Å². The molecule has 3 rings (SSSR count). The first-order valence-corrected chi connectivity index (χ1v) is 8.02. The smallest absolute Gasteiger partial charge is 0.323 e. The average molecular weight is 307 g/mol. The van der Waals surface area contributed by atoms with Crippen molar-refractivity contribution in [2.75, 3.05) is 38.2 Å². The summed E-state index contributed by atoms with van der Waals surface area (Å²) in [7, 11) is 1.82. The highest BCUT2D eigenvalue weighted by molar-refractivity contribution is 5.88. The molecule has 0 aliphatic carbocycles. The molecule has 3 heterocycles. The van der Waals surface area contributed by atoms with Crippen molar-refractivity contribution in [2.24, 2.45) is 7.05 Å². The van der Waals surface area contributed by atoms with E-state index < -0.39 is 0 Å². The van der Waals surface area contributed by atoms with Crippen LogP contribution in [0.15, 0.2) is 12.3 Å². The average Bonchev–Trinajstić information content (AvgIpc) is 2.93. The summed E-state index contributed by atoms with van der Waals surface area (Å²) in [6.07, 6.45) is 3.89. The molecular formula is C15H25N5O2. The second kappa shape index (κ2) is 6.66. The van der Waals surface area contributed by atoms with E-state index in [4.69, 9.17) is 4.74 Å². The molecule has 1 N–H and O–H groups in total. The lowest BCUT2D eigenvalue weighted by Gasteiger charge is -2.44. The summed E-state index contributed by atoms with van der Waals surface area (Å²) in [6.45, 7) is 6.48. The molecule has 2 saturated heterocycles. The standard InChI is InChI=1S/C15H25N5O2/c1-12-11-19(13-4-9-22-10-5-13)7-8-20(12)15(21)17-14-3-6-16-18(14)2/h3,6,12-13H,4-5,7-11H2,1-2H3,(H,17,21)/t12-/m0/s1. The summed E-state index contributed by atoms with van der Waals surface area (Å²) in [5.74, 6) is 0.726. The molecule has 0 spiro atoms. The molecule has 7 nitrogen and oxygen atoms in total. The van der Waals surface area contributed by atoms with Gasteiger partial charge in [0, 0.05) is 58.0 Å². The molecule has 2 amide bonds. The van der Waals surface area contributed by atoms with Gasteiger partial charge in [-0.1, -0.05) is 0 Å². The van der Waals surface area contributed by atoms with E-state index in [-0.39, 0.29) is 12.1 Å². The van der Waals surface area contributed by atoms with Crippen molar-refractivity contribution in [1.82, 2.24) is 19.6 Å². The van der Waals surface area contributed by atoms with Crippen LogP contribution in [0.3, 0.4) is 0 Å². The molecular weight excluding hydrogens is 282 g/mol. The van der Waals surface area contributed by atoms with Crippen molar-refractivity contribution in [3.63, 3.8) is 0 Å². The lowest BCUT2D eigenvalue weighted by molar-refractivity contribution is 0.00815. The van der Waals surface area contributed by atoms with Gasteiger partial charge in [-0.2, -0.15) is 5.10 Å². The lowest BCUT2D eigenvalue weighted by atomic mass is 10.0. The molecule has 2 aliphatic rings. The minimum Gasteiger partial charge on any atom is -0.381 e. The number of aryl methyl sites for hydroxylation is 1. The van der Waals surface area contributed by atoms with Crippen LogP contribution in [0.5, 0.6) is 0 Å². The number of hydrogen-bond donors (Lipinski definition) is 1. The van der Waals surface area contributed by atoms with Crippen LogP contribution in [-0.2, 0) is 11.8 Å². The maximum atomic E-state index is 12.4. The van der Waals surface area contributed by atoms with E-state index in [0.29, 0.717) is 6.04 Å². The van der Waals surface area contributed by atoms with Crippen LogP contribution in [0, 0.1) is 0 Å². The van der Waals surface area contributed by atoms with Gasteiger partial charge in [-0.15, -0.1) is 0 Å². The van der Waals surface area contributed by atoms with Gasteiger partial charge in [0.1, 0.15) is 5.82 Å². The third-order valence-corrected chi connectivity index (χ3v) is 4.68. The largest absolute Gasteiger partial charge is 0.381 e. The molecule has 2 aliphatic heterocycles. The first-order chi connectivity index (χ1) is 10.6. The molecule has 1 atom stereocenters. The van der Waals surface area contributed by atoms with Crippen molar-refractivity contribution >= 4 is 11.8 Å². The van der Waals surface area contributed by atoms with Gasteiger partial charge < -0.3 is 9.64 Å². The second-order valence-electron chi connectivity index (χ2n) is 6.15. The highest BCUT2D eigenvalue weighted by atomic mass is 16.5. The Morgan fingerprint density at radius 3 is 2.77 bits per heavy atom. The fourth-order valence-corrected chi connectivity index (χ4v) is 3.35. The quantitative estimate of drug-likeness (QED) is 0.890. The van der Waals surface area contributed by atoms with Crippen LogP contribution in [-0.4, -0.2) is 70.5 Å². The zero-order chi connectivity index (χ0) is 15.5. The van der Waals surface area contributed by atoms with Crippen molar-refractivity contribution in [1.29, 1.82) is 0 Å². The first kappa shape index (κ1) is 15.3. The Hall–Kier alpha value is -1.60. The van der Waals surface area contributed by atoms with E-state index in [1.807, 2.05) is 11.9 Å². The third-order valence-electron chi connectivity index (χ3n) is 4.68. The van der Waals surface area contributed by atoms with Gasteiger partial charge in [0.05, 0.1) is 6.20 Å². The van der Waals surface area contributed by atoms with E-state index in [0.717, 1.165) is 51.5 Å². The molecule has 1 aromatic rings. The number of carbonyl (C=O) groups excluding carboxylic acids is 1. The molecule has 1 aromatic heterocycles. The predicted octanol–water partition coefficient (Wildman–Crippen LogP) is 1.14. The van der Waals surface area contributed by atoms with E-state index in [1.54, 1.807) is 16.9 Å². The second-order valence-corrected chi connectivity index (χ2v) is 6.15. The number of nitrogens with zero attached hydrogens (tertiary/aromatic N) is 4. The summed E-state index contributed by atoms with van der Waals surface area (Å²) in [5.41, 5.74) is 0. The van der Waals surface area contributed by atoms with Crippen LogP contribution in [0.4, 0.5) is 10.6 Å². The van der Waals surface area contributed by atoms with Crippen LogP contribution >= 0.6 is 0 Å².